The fraction of sp³-hybridized carbons (Fsp3) is 0.722. The van der Waals surface area contributed by atoms with Crippen molar-refractivity contribution in [2.75, 3.05) is 26.7 Å². The summed E-state index contributed by atoms with van der Waals surface area (Å²) >= 11 is 0. The summed E-state index contributed by atoms with van der Waals surface area (Å²) in [5, 5.41) is 10.7. The summed E-state index contributed by atoms with van der Waals surface area (Å²) in [6.45, 7) is 8.58. The van der Waals surface area contributed by atoms with Crippen molar-refractivity contribution in [1.29, 1.82) is 0 Å². The molecule has 0 radical (unpaired) electrons. The van der Waals surface area contributed by atoms with Crippen LogP contribution >= 0.6 is 24.0 Å². The Hall–Kier alpha value is -1.52. The molecule has 0 aliphatic heterocycles. The van der Waals surface area contributed by atoms with Gasteiger partial charge in [0.15, 0.2) is 5.96 Å². The van der Waals surface area contributed by atoms with E-state index in [0.717, 1.165) is 38.3 Å². The van der Waals surface area contributed by atoms with Crippen LogP contribution in [0.1, 0.15) is 40.0 Å². The van der Waals surface area contributed by atoms with Gasteiger partial charge in [-0.25, -0.2) is 4.79 Å². The molecule has 0 unspecified atom stereocenters. The summed E-state index contributed by atoms with van der Waals surface area (Å²) in [5.41, 5.74) is -0.468. The number of nitrogens with one attached hydrogen (secondary N) is 2. The Labute approximate surface area is 179 Å². The van der Waals surface area contributed by atoms with Gasteiger partial charge in [0.1, 0.15) is 5.60 Å². The number of carbonyl (C=O) groups is 1. The van der Waals surface area contributed by atoms with E-state index in [1.807, 2.05) is 42.6 Å². The maximum atomic E-state index is 12.3. The van der Waals surface area contributed by atoms with Gasteiger partial charge < -0.3 is 20.3 Å². The van der Waals surface area contributed by atoms with Crippen LogP contribution in [0, 0.1) is 0 Å². The fourth-order valence-electron chi connectivity index (χ4n) is 2.53. The minimum Gasteiger partial charge on any atom is -0.444 e. The van der Waals surface area contributed by atoms with Crippen LogP contribution in [0.2, 0.25) is 0 Å². The van der Waals surface area contributed by atoms with E-state index in [9.17, 15) is 4.79 Å². The van der Waals surface area contributed by atoms with Gasteiger partial charge in [0.05, 0.1) is 0 Å². The number of carbonyl (C=O) groups excluding carboxylic acids is 1. The van der Waals surface area contributed by atoms with E-state index in [0.29, 0.717) is 19.1 Å². The predicted octanol–water partition coefficient (Wildman–Crippen LogP) is 2.46. The van der Waals surface area contributed by atoms with Gasteiger partial charge >= 0.3 is 6.09 Å². The average Bonchev–Trinajstić information content (AvgIpc) is 3.26. The number of hydrogen-bond donors (Lipinski definition) is 2. The van der Waals surface area contributed by atoms with E-state index in [-0.39, 0.29) is 30.1 Å². The number of halogens is 1. The van der Waals surface area contributed by atoms with Gasteiger partial charge in [-0.3, -0.25) is 9.67 Å². The molecule has 1 aliphatic carbocycles. The largest absolute Gasteiger partial charge is 0.444 e. The maximum Gasteiger partial charge on any atom is 0.410 e. The molecule has 0 saturated heterocycles. The number of aliphatic imine (C=N–C) groups is 1. The van der Waals surface area contributed by atoms with E-state index >= 15 is 0 Å². The Kier molecular flexibility index (Phi) is 9.89. The van der Waals surface area contributed by atoms with E-state index in [1.54, 1.807) is 13.2 Å². The summed E-state index contributed by atoms with van der Waals surface area (Å²) in [6, 6.07) is 2.24. The third kappa shape index (κ3) is 9.30. The highest BCUT2D eigenvalue weighted by atomic mass is 127. The van der Waals surface area contributed by atoms with Crippen LogP contribution in [0.25, 0.3) is 0 Å². The molecular weight excluding hydrogens is 459 g/mol. The predicted molar refractivity (Wildman–Crippen MR) is 118 cm³/mol. The zero-order valence-corrected chi connectivity index (χ0v) is 19.1. The number of aryl methyl sites for hydroxylation is 1. The molecular formula is C18H33IN6O2. The minimum atomic E-state index is -0.468. The number of aromatic nitrogens is 2. The molecule has 9 heteroatoms. The molecule has 8 nitrogen and oxygen atoms in total. The second-order valence-corrected chi connectivity index (χ2v) is 7.45. The zero-order valence-electron chi connectivity index (χ0n) is 16.8. The van der Waals surface area contributed by atoms with Crippen molar-refractivity contribution in [2.45, 2.75) is 58.2 Å². The zero-order chi connectivity index (χ0) is 19.0. The molecule has 0 aromatic carbocycles. The molecule has 1 fully saturated rings. The number of rotatable bonds is 8. The quantitative estimate of drug-likeness (QED) is 0.252. The highest BCUT2D eigenvalue weighted by molar-refractivity contribution is 14.0. The lowest BCUT2D eigenvalue weighted by Crippen LogP contribution is -2.45. The van der Waals surface area contributed by atoms with Crippen molar-refractivity contribution in [2.24, 2.45) is 4.99 Å². The van der Waals surface area contributed by atoms with Crippen LogP contribution in [0.5, 0.6) is 0 Å². The third-order valence-corrected chi connectivity index (χ3v) is 3.90. The van der Waals surface area contributed by atoms with Crippen molar-refractivity contribution >= 4 is 36.0 Å². The van der Waals surface area contributed by atoms with Crippen molar-refractivity contribution in [1.82, 2.24) is 25.3 Å². The summed E-state index contributed by atoms with van der Waals surface area (Å²) in [6.07, 6.45) is 6.57. The van der Waals surface area contributed by atoms with E-state index in [1.165, 1.54) is 0 Å². The van der Waals surface area contributed by atoms with Crippen molar-refractivity contribution in [3.63, 3.8) is 0 Å². The molecule has 154 valence electrons. The first kappa shape index (κ1) is 23.5. The molecule has 1 saturated carbocycles. The molecule has 1 amide bonds. The summed E-state index contributed by atoms with van der Waals surface area (Å²) < 4.78 is 7.41. The lowest BCUT2D eigenvalue weighted by atomic mass is 10.2. The summed E-state index contributed by atoms with van der Waals surface area (Å²) in [5.74, 6) is 0.741. The highest BCUT2D eigenvalue weighted by Gasteiger charge is 2.34. The Morgan fingerprint density at radius 3 is 2.59 bits per heavy atom. The van der Waals surface area contributed by atoms with Crippen molar-refractivity contribution < 1.29 is 9.53 Å². The van der Waals surface area contributed by atoms with Crippen LogP contribution in [-0.2, 0) is 11.3 Å². The molecule has 27 heavy (non-hydrogen) atoms. The van der Waals surface area contributed by atoms with E-state index in [2.05, 4.69) is 20.7 Å². The summed E-state index contributed by atoms with van der Waals surface area (Å²) in [4.78, 5) is 18.4. The van der Waals surface area contributed by atoms with Gasteiger partial charge in [-0.05, 0) is 46.1 Å². The minimum absolute atomic E-state index is 0. The second kappa shape index (κ2) is 11.4. The Morgan fingerprint density at radius 2 is 2.04 bits per heavy atom. The molecule has 1 aromatic rings. The van der Waals surface area contributed by atoms with Gasteiger partial charge in [-0.2, -0.15) is 5.10 Å². The van der Waals surface area contributed by atoms with Gasteiger partial charge in [0.25, 0.3) is 0 Å². The lowest BCUT2D eigenvalue weighted by Gasteiger charge is -2.27. The molecule has 1 aliphatic rings. The summed E-state index contributed by atoms with van der Waals surface area (Å²) in [7, 11) is 1.75. The molecule has 2 N–H and O–H groups in total. The van der Waals surface area contributed by atoms with E-state index < -0.39 is 5.60 Å². The van der Waals surface area contributed by atoms with Gasteiger partial charge in [-0.1, -0.05) is 0 Å². The fourth-order valence-corrected chi connectivity index (χ4v) is 2.53. The van der Waals surface area contributed by atoms with Crippen LogP contribution in [-0.4, -0.2) is 65.1 Å². The standard InChI is InChI=1S/C18H32N6O2.HI/c1-18(2,3)26-17(25)24(15-7-8-15)14-11-21-16(19-4)20-9-5-12-23-13-6-10-22-23;/h6,10,13,15H,5,7-9,11-12,14H2,1-4H3,(H2,19,20,21);1H. The van der Waals surface area contributed by atoms with Crippen molar-refractivity contribution in [3.8, 4) is 0 Å². The Bertz CT molecular complexity index is 581. The van der Waals surface area contributed by atoms with Crippen LogP contribution in [0.3, 0.4) is 0 Å². The van der Waals surface area contributed by atoms with Crippen molar-refractivity contribution in [3.05, 3.63) is 18.5 Å². The molecule has 1 aromatic heterocycles. The highest BCUT2D eigenvalue weighted by Crippen LogP contribution is 2.27. The average molecular weight is 492 g/mol. The van der Waals surface area contributed by atoms with Gasteiger partial charge in [-0.15, -0.1) is 24.0 Å². The molecule has 0 bridgehead atoms. The smallest absolute Gasteiger partial charge is 0.410 e. The first-order chi connectivity index (χ1) is 12.4. The SMILES string of the molecule is CN=C(NCCCn1cccn1)NCCN(C(=O)OC(C)(C)C)C1CC1.I. The molecule has 2 rings (SSSR count). The second-order valence-electron chi connectivity index (χ2n) is 7.45. The van der Waals surface area contributed by atoms with Gasteiger partial charge in [0, 0.05) is 51.7 Å². The van der Waals surface area contributed by atoms with Crippen LogP contribution in [0.15, 0.2) is 23.5 Å². The Morgan fingerprint density at radius 1 is 1.33 bits per heavy atom. The van der Waals surface area contributed by atoms with Gasteiger partial charge in [0.2, 0.25) is 0 Å². The van der Waals surface area contributed by atoms with Crippen LogP contribution < -0.4 is 10.6 Å². The monoisotopic (exact) mass is 492 g/mol. The topological polar surface area (TPSA) is 83.8 Å². The number of guanidine groups is 1. The Balaban J connectivity index is 0.00000364. The lowest BCUT2D eigenvalue weighted by molar-refractivity contribution is 0.0238. The van der Waals surface area contributed by atoms with Crippen LogP contribution in [0.4, 0.5) is 4.79 Å². The first-order valence-corrected chi connectivity index (χ1v) is 9.30. The third-order valence-electron chi connectivity index (χ3n) is 3.90. The molecule has 0 atom stereocenters. The number of nitrogens with zero attached hydrogens (tertiary/aromatic N) is 4. The number of hydrogen-bond acceptors (Lipinski definition) is 4. The number of ether oxygens (including phenoxy) is 1. The van der Waals surface area contributed by atoms with E-state index in [4.69, 9.17) is 4.74 Å². The maximum absolute atomic E-state index is 12.3. The normalized spacial score (nSPS) is 14.3. The number of amides is 1. The first-order valence-electron chi connectivity index (χ1n) is 9.30. The molecule has 0 spiro atoms. The molecule has 1 heterocycles.